The van der Waals surface area contributed by atoms with Crippen molar-refractivity contribution in [2.75, 3.05) is 18.4 Å². The topological polar surface area (TPSA) is 102 Å². The van der Waals surface area contributed by atoms with E-state index in [1.807, 2.05) is 18.5 Å². The summed E-state index contributed by atoms with van der Waals surface area (Å²) in [6, 6.07) is 5.75. The molecule has 0 unspecified atom stereocenters. The molecule has 7 nitrogen and oxygen atoms in total. The number of nitrogens with one attached hydrogen (secondary N) is 3. The van der Waals surface area contributed by atoms with Gasteiger partial charge in [0.1, 0.15) is 17.4 Å². The largest absolute Gasteiger partial charge is 0.351 e. The standard InChI is InChI=1S/C19H23N7Si/c1-2-12-9-23-18(26-19(27)6-3-7-21-11-19)25-16(12)15-10-22-17-14(15)5-4-13(8-20)24-17/h4-5,9-10,21H,2-3,6-7,11H2,1,27H3,(H,22,24)(H,23,25,26)/t19-/m0/s1. The minimum absolute atomic E-state index is 0.0900. The van der Waals surface area contributed by atoms with Crippen LogP contribution in [0.5, 0.6) is 0 Å². The molecule has 1 aliphatic rings. The monoisotopic (exact) mass is 377 g/mol. The Morgan fingerprint density at radius 2 is 2.26 bits per heavy atom. The van der Waals surface area contributed by atoms with Crippen molar-refractivity contribution < 1.29 is 0 Å². The molecule has 0 amide bonds. The van der Waals surface area contributed by atoms with Crippen LogP contribution in [0, 0.1) is 11.3 Å². The summed E-state index contributed by atoms with van der Waals surface area (Å²) in [6.07, 6.45) is 7.00. The number of nitrogens with zero attached hydrogens (tertiary/aromatic N) is 4. The minimum atomic E-state index is 0.0900. The molecule has 1 atom stereocenters. The first-order valence-corrected chi connectivity index (χ1v) is 10.4. The molecule has 3 N–H and O–H groups in total. The van der Waals surface area contributed by atoms with Crippen LogP contribution in [0.1, 0.15) is 31.0 Å². The number of pyridine rings is 1. The second kappa shape index (κ2) is 7.10. The third kappa shape index (κ3) is 3.43. The fourth-order valence-corrected chi connectivity index (χ4v) is 4.48. The molecule has 1 saturated heterocycles. The van der Waals surface area contributed by atoms with Gasteiger partial charge in [0.05, 0.1) is 5.69 Å². The Labute approximate surface area is 161 Å². The molecule has 4 rings (SSSR count). The van der Waals surface area contributed by atoms with Crippen LogP contribution in [0.3, 0.4) is 0 Å². The van der Waals surface area contributed by atoms with E-state index in [-0.39, 0.29) is 5.16 Å². The third-order valence-corrected chi connectivity index (χ3v) is 6.27. The van der Waals surface area contributed by atoms with Crippen LogP contribution in [-0.4, -0.2) is 48.4 Å². The number of rotatable bonds is 4. The highest BCUT2D eigenvalue weighted by Crippen LogP contribution is 2.30. The summed E-state index contributed by atoms with van der Waals surface area (Å²) in [5, 5.41) is 17.2. The lowest BCUT2D eigenvalue weighted by Crippen LogP contribution is -2.52. The summed E-state index contributed by atoms with van der Waals surface area (Å²) >= 11 is 0. The van der Waals surface area contributed by atoms with E-state index in [1.54, 1.807) is 6.07 Å². The Balaban J connectivity index is 1.74. The van der Waals surface area contributed by atoms with E-state index in [4.69, 9.17) is 10.2 Å². The van der Waals surface area contributed by atoms with E-state index in [0.29, 0.717) is 17.3 Å². The van der Waals surface area contributed by atoms with Crippen LogP contribution >= 0.6 is 0 Å². The average Bonchev–Trinajstić information content (AvgIpc) is 3.11. The number of hydrogen-bond donors (Lipinski definition) is 3. The second-order valence-corrected chi connectivity index (χ2v) is 9.21. The Morgan fingerprint density at radius 1 is 1.37 bits per heavy atom. The summed E-state index contributed by atoms with van der Waals surface area (Å²) in [6.45, 7) is 4.15. The van der Waals surface area contributed by atoms with Gasteiger partial charge in [-0.25, -0.2) is 15.0 Å². The molecule has 4 heterocycles. The lowest BCUT2D eigenvalue weighted by molar-refractivity contribution is 0.439. The van der Waals surface area contributed by atoms with Crippen LogP contribution in [0.4, 0.5) is 5.95 Å². The van der Waals surface area contributed by atoms with E-state index in [1.165, 1.54) is 6.42 Å². The molecule has 1 aliphatic heterocycles. The van der Waals surface area contributed by atoms with Crippen LogP contribution in [0.25, 0.3) is 22.3 Å². The first kappa shape index (κ1) is 17.6. The minimum Gasteiger partial charge on any atom is -0.351 e. The smallest absolute Gasteiger partial charge is 0.223 e. The fourth-order valence-electron chi connectivity index (χ4n) is 3.65. The zero-order valence-electron chi connectivity index (χ0n) is 15.6. The highest BCUT2D eigenvalue weighted by Gasteiger charge is 2.27. The van der Waals surface area contributed by atoms with Gasteiger partial charge in [-0.1, -0.05) is 6.92 Å². The van der Waals surface area contributed by atoms with E-state index < -0.39 is 0 Å². The highest BCUT2D eigenvalue weighted by molar-refractivity contribution is 6.17. The van der Waals surface area contributed by atoms with Crippen molar-refractivity contribution in [3.8, 4) is 17.3 Å². The summed E-state index contributed by atoms with van der Waals surface area (Å²) in [5.74, 6) is 0.678. The van der Waals surface area contributed by atoms with Gasteiger partial charge in [-0.15, -0.1) is 0 Å². The highest BCUT2D eigenvalue weighted by atomic mass is 28.1. The molecular weight excluding hydrogens is 354 g/mol. The van der Waals surface area contributed by atoms with Gasteiger partial charge in [-0.05, 0) is 43.5 Å². The van der Waals surface area contributed by atoms with Crippen LogP contribution in [0.2, 0.25) is 0 Å². The average molecular weight is 378 g/mol. The predicted octanol–water partition coefficient (Wildman–Crippen LogP) is 1.31. The summed E-state index contributed by atoms with van der Waals surface area (Å²) < 4.78 is 0. The number of nitriles is 1. The maximum Gasteiger partial charge on any atom is 0.223 e. The molecule has 0 bridgehead atoms. The molecule has 0 aromatic carbocycles. The Hall–Kier alpha value is -2.76. The van der Waals surface area contributed by atoms with E-state index in [2.05, 4.69) is 38.6 Å². The molecule has 3 aromatic rings. The number of anilines is 1. The van der Waals surface area contributed by atoms with Crippen molar-refractivity contribution in [1.82, 2.24) is 25.3 Å². The lowest BCUT2D eigenvalue weighted by Gasteiger charge is -2.35. The van der Waals surface area contributed by atoms with Crippen LogP contribution in [-0.2, 0) is 6.42 Å². The Bertz CT molecular complexity index is 1010. The third-order valence-electron chi connectivity index (χ3n) is 5.16. The zero-order chi connectivity index (χ0) is 18.9. The summed E-state index contributed by atoms with van der Waals surface area (Å²) in [7, 11) is 1.02. The van der Waals surface area contributed by atoms with Gasteiger partial charge < -0.3 is 15.6 Å². The molecule has 0 spiro atoms. The molecule has 0 radical (unpaired) electrons. The van der Waals surface area contributed by atoms with Gasteiger partial charge in [0.2, 0.25) is 5.95 Å². The summed E-state index contributed by atoms with van der Waals surface area (Å²) in [5.41, 5.74) is 4.11. The number of aryl methyl sites for hydroxylation is 1. The molecular formula is C19H23N7Si. The molecule has 8 heteroatoms. The predicted molar refractivity (Wildman–Crippen MR) is 110 cm³/mol. The van der Waals surface area contributed by atoms with Gasteiger partial charge >= 0.3 is 0 Å². The molecule has 0 aliphatic carbocycles. The molecule has 3 aromatic heterocycles. The number of H-pyrrole nitrogens is 1. The molecule has 1 fully saturated rings. The maximum absolute atomic E-state index is 9.06. The fraction of sp³-hybridized carbons (Fsp3) is 0.368. The molecule has 0 saturated carbocycles. The van der Waals surface area contributed by atoms with Crippen molar-refractivity contribution in [3.63, 3.8) is 0 Å². The first-order valence-electron chi connectivity index (χ1n) is 9.35. The van der Waals surface area contributed by atoms with Gasteiger partial charge in [0.25, 0.3) is 0 Å². The van der Waals surface area contributed by atoms with Crippen molar-refractivity contribution in [2.24, 2.45) is 0 Å². The number of aromatic amines is 1. The van der Waals surface area contributed by atoms with E-state index in [0.717, 1.165) is 58.4 Å². The van der Waals surface area contributed by atoms with Crippen LogP contribution in [0.15, 0.2) is 24.5 Å². The first-order chi connectivity index (χ1) is 13.1. The van der Waals surface area contributed by atoms with Crippen LogP contribution < -0.4 is 10.6 Å². The van der Waals surface area contributed by atoms with Crippen molar-refractivity contribution in [1.29, 1.82) is 5.26 Å². The Morgan fingerprint density at radius 3 is 3.00 bits per heavy atom. The summed E-state index contributed by atoms with van der Waals surface area (Å²) in [4.78, 5) is 17.0. The van der Waals surface area contributed by atoms with Gasteiger partial charge in [-0.2, -0.15) is 5.26 Å². The van der Waals surface area contributed by atoms with Crippen molar-refractivity contribution in [2.45, 2.75) is 31.3 Å². The van der Waals surface area contributed by atoms with Crippen molar-refractivity contribution >= 4 is 27.2 Å². The lowest BCUT2D eigenvalue weighted by atomic mass is 10.1. The van der Waals surface area contributed by atoms with Gasteiger partial charge in [0.15, 0.2) is 0 Å². The van der Waals surface area contributed by atoms with Gasteiger partial charge in [0, 0.05) is 45.3 Å². The second-order valence-electron chi connectivity index (χ2n) is 7.29. The SMILES string of the molecule is CCc1cnc(N[C@]2([SiH3])CCCNC2)nc1-c1c[nH]c2nc(C#N)ccc12. The quantitative estimate of drug-likeness (QED) is 0.593. The normalized spacial score (nSPS) is 19.9. The molecule has 27 heavy (non-hydrogen) atoms. The van der Waals surface area contributed by atoms with Crippen molar-refractivity contribution in [3.05, 3.63) is 35.8 Å². The Kier molecular flexibility index (Phi) is 4.64. The van der Waals surface area contributed by atoms with E-state index >= 15 is 0 Å². The zero-order valence-corrected chi connectivity index (χ0v) is 17.6. The number of fused-ring (bicyclic) bond motifs is 1. The maximum atomic E-state index is 9.06. The number of hydrogen-bond acceptors (Lipinski definition) is 6. The number of aromatic nitrogens is 4. The van der Waals surface area contributed by atoms with E-state index in [9.17, 15) is 0 Å². The molecule has 138 valence electrons. The van der Waals surface area contributed by atoms with Gasteiger partial charge in [-0.3, -0.25) is 0 Å². The number of piperidine rings is 1.